The maximum atomic E-state index is 13.3. The second-order valence-electron chi connectivity index (χ2n) is 9.49. The molecule has 36 heavy (non-hydrogen) atoms. The van der Waals surface area contributed by atoms with Crippen LogP contribution in [0.3, 0.4) is 0 Å². The Morgan fingerprint density at radius 2 is 1.78 bits per heavy atom. The molecule has 3 aromatic rings. The number of anilines is 1. The number of thiazole rings is 1. The van der Waals surface area contributed by atoms with Crippen molar-refractivity contribution in [2.75, 3.05) is 44.2 Å². The lowest BCUT2D eigenvalue weighted by Gasteiger charge is -2.34. The highest BCUT2D eigenvalue weighted by Crippen LogP contribution is 2.30. The fourth-order valence-electron chi connectivity index (χ4n) is 4.80. The van der Waals surface area contributed by atoms with Crippen LogP contribution in [0.1, 0.15) is 37.1 Å². The van der Waals surface area contributed by atoms with E-state index in [9.17, 15) is 12.8 Å². The van der Waals surface area contributed by atoms with E-state index in [4.69, 9.17) is 5.73 Å². The topological polar surface area (TPSA) is 101 Å². The zero-order valence-corrected chi connectivity index (χ0v) is 22.0. The van der Waals surface area contributed by atoms with Gasteiger partial charge in [0, 0.05) is 58.1 Å². The van der Waals surface area contributed by atoms with Crippen molar-refractivity contribution in [2.24, 2.45) is 5.73 Å². The van der Waals surface area contributed by atoms with Gasteiger partial charge in [-0.15, -0.1) is 0 Å². The van der Waals surface area contributed by atoms with Gasteiger partial charge in [-0.2, -0.15) is 4.31 Å². The summed E-state index contributed by atoms with van der Waals surface area (Å²) < 4.78 is 43.8. The molecular formula is C24H32FN7O2S2. The highest BCUT2D eigenvalue weighted by Gasteiger charge is 2.31. The lowest BCUT2D eigenvalue weighted by molar-refractivity contribution is 0.178. The number of rotatable bonds is 7. The van der Waals surface area contributed by atoms with Crippen LogP contribution in [0.25, 0.3) is 0 Å². The van der Waals surface area contributed by atoms with Gasteiger partial charge in [-0.25, -0.2) is 22.8 Å². The number of benzene rings is 1. The SMILES string of the molecule is C[C@H](c1ccc(F)cc1)n1cncc1CN1CCN(S(=O)(=O)c2cnc(N3CCC(N)CC3)s2)CC1. The Bertz CT molecular complexity index is 1260. The number of piperazine rings is 1. The smallest absolute Gasteiger partial charge is 0.254 e. The van der Waals surface area contributed by atoms with Crippen LogP contribution in [0.15, 0.2) is 47.2 Å². The Labute approximate surface area is 215 Å². The van der Waals surface area contributed by atoms with Crippen LogP contribution in [-0.4, -0.2) is 77.5 Å². The molecule has 0 unspecified atom stereocenters. The molecule has 2 aliphatic rings. The summed E-state index contributed by atoms with van der Waals surface area (Å²) in [6, 6.07) is 6.75. The standard InChI is InChI=1S/C24H32FN7O2S2/c1-18(19-2-4-20(25)5-3-19)32-17-27-14-22(32)16-29-10-12-31(13-11-29)36(33,34)23-15-28-24(35-23)30-8-6-21(26)7-9-30/h2-5,14-15,17-18,21H,6-13,16,26H2,1H3/t18-/m1/s1. The van der Waals surface area contributed by atoms with Crippen molar-refractivity contribution >= 4 is 26.5 Å². The summed E-state index contributed by atoms with van der Waals surface area (Å²) in [7, 11) is -3.57. The van der Waals surface area contributed by atoms with Gasteiger partial charge in [0.2, 0.25) is 0 Å². The number of hydrogen-bond acceptors (Lipinski definition) is 8. The van der Waals surface area contributed by atoms with Gasteiger partial charge < -0.3 is 15.2 Å². The quantitative estimate of drug-likeness (QED) is 0.498. The highest BCUT2D eigenvalue weighted by molar-refractivity contribution is 7.91. The second kappa shape index (κ2) is 10.5. The third-order valence-electron chi connectivity index (χ3n) is 7.11. The van der Waals surface area contributed by atoms with Gasteiger partial charge in [0.05, 0.1) is 24.3 Å². The first-order valence-corrected chi connectivity index (χ1v) is 14.5. The maximum Gasteiger partial charge on any atom is 0.254 e. The van der Waals surface area contributed by atoms with Gasteiger partial charge in [-0.05, 0) is 37.5 Å². The van der Waals surface area contributed by atoms with Gasteiger partial charge in [0.1, 0.15) is 5.82 Å². The minimum Gasteiger partial charge on any atom is -0.348 e. The molecule has 2 aliphatic heterocycles. The lowest BCUT2D eigenvalue weighted by atomic mass is 10.1. The molecule has 0 spiro atoms. The average Bonchev–Trinajstić information content (AvgIpc) is 3.56. The molecule has 2 N–H and O–H groups in total. The molecule has 0 aliphatic carbocycles. The number of sulfonamides is 1. The van der Waals surface area contributed by atoms with E-state index in [0.29, 0.717) is 36.9 Å². The Morgan fingerprint density at radius 3 is 2.47 bits per heavy atom. The van der Waals surface area contributed by atoms with Crippen LogP contribution in [0, 0.1) is 5.82 Å². The fraction of sp³-hybridized carbons (Fsp3) is 0.500. The summed E-state index contributed by atoms with van der Waals surface area (Å²) in [4.78, 5) is 13.1. The number of halogens is 1. The van der Waals surface area contributed by atoms with Crippen molar-refractivity contribution in [3.8, 4) is 0 Å². The normalized spacial score (nSPS) is 19.6. The molecule has 0 bridgehead atoms. The molecule has 4 heterocycles. The van der Waals surface area contributed by atoms with Crippen molar-refractivity contribution in [2.45, 2.75) is 42.6 Å². The monoisotopic (exact) mass is 533 g/mol. The van der Waals surface area contributed by atoms with E-state index in [1.165, 1.54) is 29.7 Å². The van der Waals surface area contributed by atoms with E-state index < -0.39 is 10.0 Å². The van der Waals surface area contributed by atoms with Crippen molar-refractivity contribution in [1.29, 1.82) is 0 Å². The van der Waals surface area contributed by atoms with Gasteiger partial charge in [0.25, 0.3) is 10.0 Å². The number of imidazole rings is 1. The van der Waals surface area contributed by atoms with E-state index in [1.807, 2.05) is 6.20 Å². The van der Waals surface area contributed by atoms with E-state index in [0.717, 1.165) is 42.3 Å². The molecule has 0 radical (unpaired) electrons. The first-order chi connectivity index (χ1) is 17.3. The lowest BCUT2D eigenvalue weighted by Crippen LogP contribution is -2.48. The molecule has 0 amide bonds. The summed E-state index contributed by atoms with van der Waals surface area (Å²) in [6.07, 6.45) is 6.92. The molecule has 2 aromatic heterocycles. The summed E-state index contributed by atoms with van der Waals surface area (Å²) >= 11 is 1.25. The summed E-state index contributed by atoms with van der Waals surface area (Å²) in [6.45, 7) is 6.46. The first-order valence-electron chi connectivity index (χ1n) is 12.3. The van der Waals surface area contributed by atoms with E-state index in [1.54, 1.807) is 22.8 Å². The molecule has 194 valence electrons. The van der Waals surface area contributed by atoms with Crippen LogP contribution < -0.4 is 10.6 Å². The van der Waals surface area contributed by atoms with Crippen molar-refractivity contribution < 1.29 is 12.8 Å². The second-order valence-corrected chi connectivity index (χ2v) is 12.7. The van der Waals surface area contributed by atoms with Crippen LogP contribution in [0.4, 0.5) is 9.52 Å². The van der Waals surface area contributed by atoms with Crippen molar-refractivity contribution in [3.63, 3.8) is 0 Å². The van der Waals surface area contributed by atoms with E-state index in [-0.39, 0.29) is 17.9 Å². The van der Waals surface area contributed by atoms with Crippen LogP contribution in [0.5, 0.6) is 0 Å². The molecular weight excluding hydrogens is 501 g/mol. The number of aromatic nitrogens is 3. The van der Waals surface area contributed by atoms with Gasteiger partial charge in [0.15, 0.2) is 9.34 Å². The minimum absolute atomic E-state index is 0.0148. The van der Waals surface area contributed by atoms with Crippen LogP contribution >= 0.6 is 11.3 Å². The van der Waals surface area contributed by atoms with Crippen LogP contribution in [0.2, 0.25) is 0 Å². The number of nitrogens with zero attached hydrogens (tertiary/aromatic N) is 6. The largest absolute Gasteiger partial charge is 0.348 e. The Balaban J connectivity index is 1.19. The van der Waals surface area contributed by atoms with Crippen LogP contribution in [-0.2, 0) is 16.6 Å². The molecule has 2 fully saturated rings. The predicted octanol–water partition coefficient (Wildman–Crippen LogP) is 2.52. The van der Waals surface area contributed by atoms with E-state index >= 15 is 0 Å². The van der Waals surface area contributed by atoms with Crippen molar-refractivity contribution in [3.05, 3.63) is 60.1 Å². The molecule has 9 nitrogen and oxygen atoms in total. The highest BCUT2D eigenvalue weighted by atomic mass is 32.2. The summed E-state index contributed by atoms with van der Waals surface area (Å²) in [5.74, 6) is -0.254. The Hall–Kier alpha value is -2.38. The molecule has 2 saturated heterocycles. The van der Waals surface area contributed by atoms with Gasteiger partial charge in [-0.1, -0.05) is 23.5 Å². The third-order valence-corrected chi connectivity index (χ3v) is 10.5. The summed E-state index contributed by atoms with van der Waals surface area (Å²) in [5, 5.41) is 0.752. The molecule has 5 rings (SSSR count). The fourth-order valence-corrected chi connectivity index (χ4v) is 7.54. The number of nitrogens with two attached hydrogens (primary N) is 1. The number of piperidine rings is 1. The Morgan fingerprint density at radius 1 is 1.08 bits per heavy atom. The zero-order chi connectivity index (χ0) is 25.3. The first kappa shape index (κ1) is 25.3. The Kier molecular flexibility index (Phi) is 7.40. The maximum absolute atomic E-state index is 13.3. The minimum atomic E-state index is -3.57. The van der Waals surface area contributed by atoms with Crippen molar-refractivity contribution in [1.82, 2.24) is 23.7 Å². The predicted molar refractivity (Wildman–Crippen MR) is 138 cm³/mol. The third kappa shape index (κ3) is 5.32. The summed E-state index contributed by atoms with van der Waals surface area (Å²) in [5.41, 5.74) is 8.03. The van der Waals surface area contributed by atoms with Gasteiger partial charge in [-0.3, -0.25) is 4.90 Å². The molecule has 12 heteroatoms. The molecule has 0 saturated carbocycles. The average molecular weight is 534 g/mol. The van der Waals surface area contributed by atoms with E-state index in [2.05, 4.69) is 31.3 Å². The zero-order valence-electron chi connectivity index (χ0n) is 20.3. The molecule has 1 atom stereocenters. The number of hydrogen-bond donors (Lipinski definition) is 1. The molecule has 1 aromatic carbocycles. The van der Waals surface area contributed by atoms with Gasteiger partial charge >= 0.3 is 0 Å².